The Morgan fingerprint density at radius 1 is 0.478 bits per heavy atom. The maximum absolute atomic E-state index is 7.22. The summed E-state index contributed by atoms with van der Waals surface area (Å²) in [6.45, 7) is 4.69. The van der Waals surface area contributed by atoms with E-state index < -0.39 is 0 Å². The van der Waals surface area contributed by atoms with Crippen molar-refractivity contribution in [1.29, 1.82) is 0 Å². The molecule has 0 unspecified atom stereocenters. The molecule has 0 fully saturated rings. The smallest absolute Gasteiger partial charge is 0.159 e. The van der Waals surface area contributed by atoms with Crippen LogP contribution in [-0.4, -0.2) is 0 Å². The Balaban J connectivity index is 1.36. The monoisotopic (exact) mass is 591 g/mol. The van der Waals surface area contributed by atoms with E-state index in [0.717, 1.165) is 55.6 Å². The van der Waals surface area contributed by atoms with Crippen LogP contribution in [0.5, 0.6) is 0 Å². The van der Waals surface area contributed by atoms with Gasteiger partial charge in [-0.15, -0.1) is 0 Å². The zero-order chi connectivity index (χ0) is 30.6. The van der Waals surface area contributed by atoms with Crippen molar-refractivity contribution in [3.8, 4) is 11.1 Å². The van der Waals surface area contributed by atoms with Crippen LogP contribution >= 0.6 is 0 Å². The number of para-hydroxylation sites is 3. The molecule has 46 heavy (non-hydrogen) atoms. The standard InChI is InChI=1S/C43H29NO2/c1-43(2)32-21-10-8-18-29(32)39-40(43)28-17-7-6-16-27(28)37-31-20-12-23-34(41(31)46-42(37)39)44(26-14-4-3-5-15-26)33-22-13-25-36-38(33)30-19-9-11-24-35(30)45-36/h3-25H,1-2H3. The van der Waals surface area contributed by atoms with Crippen LogP contribution in [0.4, 0.5) is 17.1 Å². The highest BCUT2D eigenvalue weighted by atomic mass is 16.3. The highest BCUT2D eigenvalue weighted by molar-refractivity contribution is 6.27. The topological polar surface area (TPSA) is 29.5 Å². The number of hydrogen-bond acceptors (Lipinski definition) is 3. The van der Waals surface area contributed by atoms with Gasteiger partial charge in [-0.1, -0.05) is 117 Å². The molecule has 218 valence electrons. The van der Waals surface area contributed by atoms with Crippen molar-refractivity contribution < 1.29 is 8.83 Å². The van der Waals surface area contributed by atoms with Gasteiger partial charge in [0, 0.05) is 32.8 Å². The van der Waals surface area contributed by atoms with Gasteiger partial charge in [0.1, 0.15) is 16.7 Å². The Bertz CT molecular complexity index is 2670. The molecule has 10 rings (SSSR count). The highest BCUT2D eigenvalue weighted by Gasteiger charge is 2.39. The lowest BCUT2D eigenvalue weighted by Gasteiger charge is -2.26. The number of anilines is 3. The van der Waals surface area contributed by atoms with E-state index >= 15 is 0 Å². The normalized spacial score (nSPS) is 13.6. The van der Waals surface area contributed by atoms with Crippen molar-refractivity contribution >= 4 is 71.7 Å². The van der Waals surface area contributed by atoms with Crippen molar-refractivity contribution in [2.24, 2.45) is 0 Å². The van der Waals surface area contributed by atoms with Gasteiger partial charge in [0.25, 0.3) is 0 Å². The predicted octanol–water partition coefficient (Wildman–Crippen LogP) is 12.4. The molecule has 0 atom stereocenters. The van der Waals surface area contributed by atoms with E-state index in [4.69, 9.17) is 8.83 Å². The predicted molar refractivity (Wildman–Crippen MR) is 191 cm³/mol. The van der Waals surface area contributed by atoms with E-state index in [1.165, 1.54) is 38.4 Å². The van der Waals surface area contributed by atoms with Crippen LogP contribution in [-0.2, 0) is 5.41 Å². The third-order valence-corrected chi connectivity index (χ3v) is 10.0. The second-order valence-corrected chi connectivity index (χ2v) is 12.8. The molecule has 0 amide bonds. The van der Waals surface area contributed by atoms with Crippen LogP contribution < -0.4 is 4.90 Å². The molecule has 0 saturated carbocycles. The van der Waals surface area contributed by atoms with E-state index in [-0.39, 0.29) is 5.41 Å². The van der Waals surface area contributed by atoms with E-state index in [0.29, 0.717) is 0 Å². The summed E-state index contributed by atoms with van der Waals surface area (Å²) in [4.78, 5) is 2.33. The minimum Gasteiger partial charge on any atom is -0.456 e. The molecule has 2 heterocycles. The van der Waals surface area contributed by atoms with Crippen LogP contribution in [0.2, 0.25) is 0 Å². The molecule has 1 aliphatic rings. The first-order chi connectivity index (χ1) is 22.6. The summed E-state index contributed by atoms with van der Waals surface area (Å²) in [6, 6.07) is 49.4. The van der Waals surface area contributed by atoms with Crippen molar-refractivity contribution in [2.75, 3.05) is 4.90 Å². The quantitative estimate of drug-likeness (QED) is 0.205. The summed E-state index contributed by atoms with van der Waals surface area (Å²) in [5.74, 6) is 0. The molecule has 3 nitrogen and oxygen atoms in total. The van der Waals surface area contributed by atoms with Crippen LogP contribution in [0, 0.1) is 0 Å². The fraction of sp³-hybridized carbons (Fsp3) is 0.0698. The molecule has 7 aromatic carbocycles. The van der Waals surface area contributed by atoms with Crippen molar-refractivity contribution in [1.82, 2.24) is 0 Å². The highest BCUT2D eigenvalue weighted by Crippen LogP contribution is 2.57. The minimum atomic E-state index is -0.157. The second kappa shape index (κ2) is 9.12. The first-order valence-electron chi connectivity index (χ1n) is 15.9. The Morgan fingerprint density at radius 3 is 2.00 bits per heavy atom. The van der Waals surface area contributed by atoms with Gasteiger partial charge < -0.3 is 13.7 Å². The molecule has 0 bridgehead atoms. The van der Waals surface area contributed by atoms with Gasteiger partial charge in [-0.05, 0) is 63.9 Å². The summed E-state index contributed by atoms with van der Waals surface area (Å²) in [5, 5.41) is 6.96. The fourth-order valence-corrected chi connectivity index (χ4v) is 8.11. The van der Waals surface area contributed by atoms with E-state index in [1.54, 1.807) is 0 Å². The van der Waals surface area contributed by atoms with Gasteiger partial charge >= 0.3 is 0 Å². The Kier molecular flexibility index (Phi) is 5.06. The molecule has 3 heteroatoms. The molecule has 9 aromatic rings. The third-order valence-electron chi connectivity index (χ3n) is 10.0. The Hall–Kier alpha value is -5.80. The maximum Gasteiger partial charge on any atom is 0.159 e. The lowest BCUT2D eigenvalue weighted by Crippen LogP contribution is -2.15. The third kappa shape index (κ3) is 3.27. The van der Waals surface area contributed by atoms with Crippen LogP contribution in [0.15, 0.2) is 148 Å². The summed E-state index contributed by atoms with van der Waals surface area (Å²) in [5.41, 5.74) is 11.6. The molecule has 0 spiro atoms. The summed E-state index contributed by atoms with van der Waals surface area (Å²) in [6.07, 6.45) is 0. The largest absolute Gasteiger partial charge is 0.456 e. The lowest BCUT2D eigenvalue weighted by molar-refractivity contribution is 0.658. The van der Waals surface area contributed by atoms with Gasteiger partial charge in [-0.25, -0.2) is 0 Å². The molecule has 0 N–H and O–H groups in total. The zero-order valence-electron chi connectivity index (χ0n) is 25.5. The summed E-state index contributed by atoms with van der Waals surface area (Å²) < 4.78 is 13.6. The molecule has 1 aliphatic carbocycles. The average molecular weight is 592 g/mol. The zero-order valence-corrected chi connectivity index (χ0v) is 25.5. The van der Waals surface area contributed by atoms with Crippen LogP contribution in [0.1, 0.15) is 25.0 Å². The summed E-state index contributed by atoms with van der Waals surface area (Å²) >= 11 is 0. The first kappa shape index (κ1) is 25.5. The van der Waals surface area contributed by atoms with Gasteiger partial charge in [-0.3, -0.25) is 0 Å². The van der Waals surface area contributed by atoms with Crippen molar-refractivity contribution in [3.63, 3.8) is 0 Å². The van der Waals surface area contributed by atoms with Gasteiger partial charge in [-0.2, -0.15) is 0 Å². The van der Waals surface area contributed by atoms with E-state index in [1.807, 2.05) is 12.1 Å². The van der Waals surface area contributed by atoms with E-state index in [2.05, 4.69) is 146 Å². The average Bonchev–Trinajstić information content (AvgIpc) is 3.75. The van der Waals surface area contributed by atoms with Gasteiger partial charge in [0.05, 0.1) is 16.8 Å². The van der Waals surface area contributed by atoms with Gasteiger partial charge in [0.15, 0.2) is 5.58 Å². The molecule has 0 aliphatic heterocycles. The fourth-order valence-electron chi connectivity index (χ4n) is 8.11. The molecular formula is C43H29NO2. The second-order valence-electron chi connectivity index (χ2n) is 12.8. The van der Waals surface area contributed by atoms with Crippen molar-refractivity contribution in [2.45, 2.75) is 19.3 Å². The lowest BCUT2D eigenvalue weighted by atomic mass is 9.79. The number of rotatable bonds is 3. The molecule has 0 saturated heterocycles. The summed E-state index contributed by atoms with van der Waals surface area (Å²) in [7, 11) is 0. The maximum atomic E-state index is 7.22. The minimum absolute atomic E-state index is 0.157. The SMILES string of the molecule is CC1(C)c2ccccc2-c2c1c1ccccc1c1c2oc2c(N(c3ccccc3)c3cccc4oc5ccccc5c34)cccc21. The molecular weight excluding hydrogens is 562 g/mol. The Labute approximate surface area is 265 Å². The van der Waals surface area contributed by atoms with Crippen molar-refractivity contribution in [3.05, 3.63) is 151 Å². The van der Waals surface area contributed by atoms with Crippen LogP contribution in [0.25, 0.3) is 65.8 Å². The number of furan rings is 2. The number of benzene rings is 7. The number of hydrogen-bond donors (Lipinski definition) is 0. The Morgan fingerprint density at radius 2 is 1.13 bits per heavy atom. The van der Waals surface area contributed by atoms with E-state index in [9.17, 15) is 0 Å². The van der Waals surface area contributed by atoms with Gasteiger partial charge in [0.2, 0.25) is 0 Å². The number of nitrogens with zero attached hydrogens (tertiary/aromatic N) is 1. The first-order valence-corrected chi connectivity index (χ1v) is 15.9. The molecule has 0 radical (unpaired) electrons. The molecule has 2 aromatic heterocycles. The van der Waals surface area contributed by atoms with Crippen LogP contribution in [0.3, 0.4) is 0 Å². The number of fused-ring (bicyclic) bond motifs is 13.